The standard InChI is InChI=1S/C25H26O/c1-16-14-21-19-11-7-6-10-18(19)15-22(21)24(17(16)2)20-12-8-9-13-23(20)26-25(3,4)5/h6-14H,15H2,1-5H3. The normalized spacial score (nSPS) is 12.7. The van der Waals surface area contributed by atoms with Crippen LogP contribution in [0.5, 0.6) is 5.75 Å². The van der Waals surface area contributed by atoms with Crippen molar-refractivity contribution in [2.24, 2.45) is 0 Å². The Balaban J connectivity index is 1.97. The molecule has 0 saturated carbocycles. The SMILES string of the molecule is Cc1cc2c(c(-c3ccccc3OC(C)(C)C)c1C)Cc1ccccc1-2. The lowest BCUT2D eigenvalue weighted by molar-refractivity contribution is 0.131. The minimum absolute atomic E-state index is 0.222. The zero-order valence-corrected chi connectivity index (χ0v) is 16.3. The molecule has 1 aliphatic carbocycles. The molecule has 3 aromatic rings. The molecule has 26 heavy (non-hydrogen) atoms. The number of para-hydroxylation sites is 1. The van der Waals surface area contributed by atoms with Crippen LogP contribution in [0, 0.1) is 13.8 Å². The van der Waals surface area contributed by atoms with E-state index in [1.54, 1.807) is 0 Å². The van der Waals surface area contributed by atoms with Crippen LogP contribution in [0.25, 0.3) is 22.3 Å². The molecule has 3 aromatic carbocycles. The summed E-state index contributed by atoms with van der Waals surface area (Å²) in [4.78, 5) is 0. The molecule has 1 heteroatoms. The van der Waals surface area contributed by atoms with Crippen LogP contribution >= 0.6 is 0 Å². The summed E-state index contributed by atoms with van der Waals surface area (Å²) < 4.78 is 6.32. The number of aryl methyl sites for hydroxylation is 1. The van der Waals surface area contributed by atoms with Gasteiger partial charge in [0.15, 0.2) is 0 Å². The minimum Gasteiger partial charge on any atom is -0.488 e. The largest absolute Gasteiger partial charge is 0.488 e. The third-order valence-electron chi connectivity index (χ3n) is 5.20. The molecule has 0 heterocycles. The van der Waals surface area contributed by atoms with E-state index in [2.05, 4.69) is 89.2 Å². The molecule has 0 unspecified atom stereocenters. The van der Waals surface area contributed by atoms with Crippen molar-refractivity contribution < 1.29 is 4.74 Å². The van der Waals surface area contributed by atoms with E-state index in [9.17, 15) is 0 Å². The third-order valence-corrected chi connectivity index (χ3v) is 5.20. The Bertz CT molecular complexity index is 990. The summed E-state index contributed by atoms with van der Waals surface area (Å²) in [7, 11) is 0. The molecule has 0 radical (unpaired) electrons. The minimum atomic E-state index is -0.222. The highest BCUT2D eigenvalue weighted by atomic mass is 16.5. The quantitative estimate of drug-likeness (QED) is 0.393. The molecule has 0 aromatic heterocycles. The molecular weight excluding hydrogens is 316 g/mol. The first kappa shape index (κ1) is 16.9. The van der Waals surface area contributed by atoms with E-state index < -0.39 is 0 Å². The van der Waals surface area contributed by atoms with E-state index in [1.165, 1.54) is 44.5 Å². The average molecular weight is 342 g/mol. The highest BCUT2D eigenvalue weighted by Gasteiger charge is 2.26. The summed E-state index contributed by atoms with van der Waals surface area (Å²) >= 11 is 0. The van der Waals surface area contributed by atoms with Crippen molar-refractivity contribution in [2.45, 2.75) is 46.6 Å². The zero-order valence-electron chi connectivity index (χ0n) is 16.3. The van der Waals surface area contributed by atoms with Gasteiger partial charge in [-0.2, -0.15) is 0 Å². The Kier molecular flexibility index (Phi) is 3.91. The molecule has 0 amide bonds. The first-order chi connectivity index (χ1) is 12.3. The molecule has 1 aliphatic rings. The van der Waals surface area contributed by atoms with Crippen LogP contribution in [0.15, 0.2) is 54.6 Å². The molecule has 132 valence electrons. The van der Waals surface area contributed by atoms with Gasteiger partial charge < -0.3 is 4.74 Å². The zero-order chi connectivity index (χ0) is 18.5. The van der Waals surface area contributed by atoms with Gasteiger partial charge in [0, 0.05) is 5.56 Å². The van der Waals surface area contributed by atoms with Gasteiger partial charge in [-0.15, -0.1) is 0 Å². The van der Waals surface area contributed by atoms with Gasteiger partial charge in [0.05, 0.1) is 0 Å². The van der Waals surface area contributed by atoms with Crippen LogP contribution in [0.1, 0.15) is 43.0 Å². The highest BCUT2D eigenvalue weighted by Crippen LogP contribution is 2.46. The summed E-state index contributed by atoms with van der Waals surface area (Å²) in [6, 6.07) is 19.6. The van der Waals surface area contributed by atoms with E-state index in [1.807, 2.05) is 0 Å². The fraction of sp³-hybridized carbons (Fsp3) is 0.280. The second-order valence-corrected chi connectivity index (χ2v) is 8.26. The Hall–Kier alpha value is -2.54. The predicted octanol–water partition coefficient (Wildman–Crippen LogP) is 6.72. The monoisotopic (exact) mass is 342 g/mol. The molecule has 0 spiro atoms. The Morgan fingerprint density at radius 1 is 0.808 bits per heavy atom. The van der Waals surface area contributed by atoms with Gasteiger partial charge in [0.1, 0.15) is 11.4 Å². The number of benzene rings is 3. The van der Waals surface area contributed by atoms with Gasteiger partial charge in [0.25, 0.3) is 0 Å². The summed E-state index contributed by atoms with van der Waals surface area (Å²) in [5.74, 6) is 0.965. The van der Waals surface area contributed by atoms with Crippen molar-refractivity contribution >= 4 is 0 Å². The van der Waals surface area contributed by atoms with E-state index in [4.69, 9.17) is 4.74 Å². The van der Waals surface area contributed by atoms with E-state index >= 15 is 0 Å². The van der Waals surface area contributed by atoms with Crippen molar-refractivity contribution in [3.05, 3.63) is 76.9 Å². The number of hydrogen-bond acceptors (Lipinski definition) is 1. The van der Waals surface area contributed by atoms with Crippen LogP contribution in [0.3, 0.4) is 0 Å². The molecule has 1 nitrogen and oxygen atoms in total. The maximum atomic E-state index is 6.32. The van der Waals surface area contributed by atoms with Crippen molar-refractivity contribution in [2.75, 3.05) is 0 Å². The fourth-order valence-corrected chi connectivity index (χ4v) is 3.98. The van der Waals surface area contributed by atoms with Crippen LogP contribution in [0.4, 0.5) is 0 Å². The Morgan fingerprint density at radius 2 is 1.46 bits per heavy atom. The first-order valence-corrected chi connectivity index (χ1v) is 9.35. The van der Waals surface area contributed by atoms with Crippen LogP contribution < -0.4 is 4.74 Å². The molecule has 0 fully saturated rings. The van der Waals surface area contributed by atoms with Crippen molar-refractivity contribution in [3.63, 3.8) is 0 Å². The third kappa shape index (κ3) is 2.82. The van der Waals surface area contributed by atoms with Crippen molar-refractivity contribution in [1.29, 1.82) is 0 Å². The summed E-state index contributed by atoms with van der Waals surface area (Å²) in [5.41, 5.74) is 10.6. The Morgan fingerprint density at radius 3 is 2.19 bits per heavy atom. The fourth-order valence-electron chi connectivity index (χ4n) is 3.98. The second-order valence-electron chi connectivity index (χ2n) is 8.26. The molecule has 0 atom stereocenters. The summed E-state index contributed by atoms with van der Waals surface area (Å²) in [6.07, 6.45) is 0.992. The van der Waals surface area contributed by atoms with Gasteiger partial charge in [0.2, 0.25) is 0 Å². The van der Waals surface area contributed by atoms with Gasteiger partial charge in [-0.05, 0) is 86.1 Å². The first-order valence-electron chi connectivity index (χ1n) is 9.35. The maximum absolute atomic E-state index is 6.32. The number of fused-ring (bicyclic) bond motifs is 3. The van der Waals surface area contributed by atoms with Gasteiger partial charge >= 0.3 is 0 Å². The number of rotatable bonds is 2. The number of ether oxygens (including phenoxy) is 1. The van der Waals surface area contributed by atoms with E-state index in [0.717, 1.165) is 12.2 Å². The molecular formula is C25H26O. The lowest BCUT2D eigenvalue weighted by Crippen LogP contribution is -2.23. The van der Waals surface area contributed by atoms with Crippen molar-refractivity contribution in [1.82, 2.24) is 0 Å². The lowest BCUT2D eigenvalue weighted by atomic mass is 9.88. The molecule has 0 saturated heterocycles. The average Bonchev–Trinajstić information content (AvgIpc) is 2.94. The molecule has 0 aliphatic heterocycles. The second kappa shape index (κ2) is 6.02. The molecule has 4 rings (SSSR count). The van der Waals surface area contributed by atoms with E-state index in [0.29, 0.717) is 0 Å². The number of hydrogen-bond donors (Lipinski definition) is 0. The smallest absolute Gasteiger partial charge is 0.127 e. The summed E-state index contributed by atoms with van der Waals surface area (Å²) in [6.45, 7) is 10.8. The van der Waals surface area contributed by atoms with Crippen LogP contribution in [-0.4, -0.2) is 5.60 Å². The topological polar surface area (TPSA) is 9.23 Å². The summed E-state index contributed by atoms with van der Waals surface area (Å²) in [5, 5.41) is 0. The molecule has 0 N–H and O–H groups in total. The van der Waals surface area contributed by atoms with Gasteiger partial charge in [-0.1, -0.05) is 48.5 Å². The van der Waals surface area contributed by atoms with Crippen LogP contribution in [-0.2, 0) is 6.42 Å². The highest BCUT2D eigenvalue weighted by molar-refractivity contribution is 5.89. The van der Waals surface area contributed by atoms with Gasteiger partial charge in [-0.25, -0.2) is 0 Å². The van der Waals surface area contributed by atoms with Gasteiger partial charge in [-0.3, -0.25) is 0 Å². The lowest BCUT2D eigenvalue weighted by Gasteiger charge is -2.25. The van der Waals surface area contributed by atoms with Crippen LogP contribution in [0.2, 0.25) is 0 Å². The predicted molar refractivity (Wildman–Crippen MR) is 110 cm³/mol. The Labute approximate surface area is 156 Å². The molecule has 0 bridgehead atoms. The van der Waals surface area contributed by atoms with E-state index in [-0.39, 0.29) is 5.60 Å². The van der Waals surface area contributed by atoms with Crippen molar-refractivity contribution in [3.8, 4) is 28.0 Å². The maximum Gasteiger partial charge on any atom is 0.127 e.